The summed E-state index contributed by atoms with van der Waals surface area (Å²) in [4.78, 5) is 12.0. The Bertz CT molecular complexity index is 855. The van der Waals surface area contributed by atoms with Gasteiger partial charge in [-0.2, -0.15) is 0 Å². The van der Waals surface area contributed by atoms with Gasteiger partial charge in [-0.25, -0.2) is 0 Å². The van der Waals surface area contributed by atoms with Gasteiger partial charge in [-0.05, 0) is 12.8 Å². The number of carbonyl (C=O) groups is 1. The molecule has 2 heterocycles. The molecule has 0 aromatic carbocycles. The number of carbonyl (C=O) groups excluding carboxylic acids is 1. The molecule has 34 heavy (non-hydrogen) atoms. The number of nitrogens with one attached hydrogen (secondary N) is 1. The van der Waals surface area contributed by atoms with E-state index in [0.29, 0.717) is 6.54 Å². The SMILES string of the molecule is C[C@H]1C=CC=CC=CC=CC=C[C@@H](O[C@H]2OC[C@H](O)[C@@H](O)[C@@H]2N)[C@@](C)(O)C=CC=CC(=O)NC1. The van der Waals surface area contributed by atoms with Crippen LogP contribution in [0.1, 0.15) is 13.8 Å². The van der Waals surface area contributed by atoms with Gasteiger partial charge in [0.15, 0.2) is 6.29 Å². The van der Waals surface area contributed by atoms with E-state index in [1.54, 1.807) is 31.2 Å². The van der Waals surface area contributed by atoms with Crippen molar-refractivity contribution in [3.8, 4) is 0 Å². The third kappa shape index (κ3) is 9.34. The number of nitrogens with two attached hydrogens (primary N) is 1. The molecule has 0 aromatic heterocycles. The van der Waals surface area contributed by atoms with Crippen LogP contribution in [0.5, 0.6) is 0 Å². The summed E-state index contributed by atoms with van der Waals surface area (Å²) in [6.45, 7) is 3.90. The maximum atomic E-state index is 12.0. The van der Waals surface area contributed by atoms with E-state index in [4.69, 9.17) is 15.2 Å². The molecule has 2 aliphatic heterocycles. The Hall–Kier alpha value is -2.59. The zero-order chi connectivity index (χ0) is 25.0. The third-order valence-electron chi connectivity index (χ3n) is 5.28. The molecular weight excluding hydrogens is 436 g/mol. The smallest absolute Gasteiger partial charge is 0.243 e. The second-order valence-corrected chi connectivity index (χ2v) is 8.48. The molecule has 8 heteroatoms. The van der Waals surface area contributed by atoms with Crippen molar-refractivity contribution in [2.24, 2.45) is 11.7 Å². The molecule has 8 nitrogen and oxygen atoms in total. The predicted molar refractivity (Wildman–Crippen MR) is 131 cm³/mol. The number of hydrogen-bond acceptors (Lipinski definition) is 7. The highest BCUT2D eigenvalue weighted by molar-refractivity contribution is 5.87. The van der Waals surface area contributed by atoms with Crippen LogP contribution in [0.25, 0.3) is 0 Å². The lowest BCUT2D eigenvalue weighted by Gasteiger charge is -2.39. The van der Waals surface area contributed by atoms with Gasteiger partial charge in [0.1, 0.15) is 23.9 Å². The van der Waals surface area contributed by atoms with Gasteiger partial charge in [0.25, 0.3) is 0 Å². The third-order valence-corrected chi connectivity index (χ3v) is 5.28. The zero-order valence-electron chi connectivity index (χ0n) is 19.6. The van der Waals surface area contributed by atoms with E-state index in [1.165, 1.54) is 18.2 Å². The Labute approximate surface area is 201 Å². The highest BCUT2D eigenvalue weighted by Gasteiger charge is 2.40. The van der Waals surface area contributed by atoms with Crippen molar-refractivity contribution in [2.45, 2.75) is 50.1 Å². The lowest BCUT2D eigenvalue weighted by atomic mass is 9.96. The molecule has 0 aliphatic carbocycles. The van der Waals surface area contributed by atoms with E-state index in [-0.39, 0.29) is 18.4 Å². The Kier molecular flexibility index (Phi) is 11.4. The first-order valence-corrected chi connectivity index (χ1v) is 11.3. The van der Waals surface area contributed by atoms with Crippen molar-refractivity contribution >= 4 is 5.91 Å². The average molecular weight is 473 g/mol. The Morgan fingerprint density at radius 3 is 2.32 bits per heavy atom. The fourth-order valence-electron chi connectivity index (χ4n) is 3.15. The van der Waals surface area contributed by atoms with E-state index in [1.807, 2.05) is 49.5 Å². The Morgan fingerprint density at radius 2 is 1.65 bits per heavy atom. The molecule has 2 aliphatic rings. The second-order valence-electron chi connectivity index (χ2n) is 8.48. The average Bonchev–Trinajstić information content (AvgIpc) is 2.80. The van der Waals surface area contributed by atoms with Crippen molar-refractivity contribution < 1.29 is 29.6 Å². The lowest BCUT2D eigenvalue weighted by Crippen LogP contribution is -2.59. The topological polar surface area (TPSA) is 134 Å². The minimum absolute atomic E-state index is 0.141. The summed E-state index contributed by atoms with van der Waals surface area (Å²) < 4.78 is 11.3. The predicted octanol–water partition coefficient (Wildman–Crippen LogP) is 1.19. The van der Waals surface area contributed by atoms with Crippen LogP contribution in [-0.4, -0.2) is 70.6 Å². The minimum atomic E-state index is -1.51. The quantitative estimate of drug-likeness (QED) is 0.407. The first kappa shape index (κ1) is 27.7. The summed E-state index contributed by atoms with van der Waals surface area (Å²) in [5.41, 5.74) is 4.46. The Balaban J connectivity index is 2.23. The van der Waals surface area contributed by atoms with Crippen molar-refractivity contribution in [3.63, 3.8) is 0 Å². The molecule has 0 spiro atoms. The van der Waals surface area contributed by atoms with Crippen LogP contribution in [0.3, 0.4) is 0 Å². The van der Waals surface area contributed by atoms with Gasteiger partial charge in [-0.1, -0.05) is 85.9 Å². The number of aliphatic hydroxyl groups is 3. The first-order chi connectivity index (χ1) is 16.2. The lowest BCUT2D eigenvalue weighted by molar-refractivity contribution is -0.251. The summed E-state index contributed by atoms with van der Waals surface area (Å²) in [6.07, 6.45) is 20.1. The van der Waals surface area contributed by atoms with E-state index < -0.39 is 36.2 Å². The molecule has 2 rings (SSSR count). The van der Waals surface area contributed by atoms with Crippen LogP contribution in [0.2, 0.25) is 0 Å². The first-order valence-electron chi connectivity index (χ1n) is 11.3. The molecule has 7 atom stereocenters. The highest BCUT2D eigenvalue weighted by Crippen LogP contribution is 2.23. The zero-order valence-corrected chi connectivity index (χ0v) is 19.6. The van der Waals surface area contributed by atoms with Crippen LogP contribution < -0.4 is 11.1 Å². The van der Waals surface area contributed by atoms with Crippen molar-refractivity contribution in [2.75, 3.05) is 13.2 Å². The number of aliphatic hydroxyl groups excluding tert-OH is 2. The van der Waals surface area contributed by atoms with Gasteiger partial charge in [0, 0.05) is 12.6 Å². The maximum absolute atomic E-state index is 12.0. The van der Waals surface area contributed by atoms with E-state index in [9.17, 15) is 20.1 Å². The molecule has 1 saturated heterocycles. The molecule has 186 valence electrons. The number of allylic oxidation sites excluding steroid dienone is 10. The molecule has 0 radical (unpaired) electrons. The van der Waals surface area contributed by atoms with Crippen LogP contribution in [0.15, 0.2) is 85.1 Å². The largest absolute Gasteiger partial charge is 0.389 e. The molecule has 1 amide bonds. The molecular formula is C26H36N2O6. The van der Waals surface area contributed by atoms with Crippen molar-refractivity contribution in [1.29, 1.82) is 0 Å². The summed E-state index contributed by atoms with van der Waals surface area (Å²) in [5, 5.41) is 33.7. The number of amides is 1. The summed E-state index contributed by atoms with van der Waals surface area (Å²) in [5.74, 6) is -0.0758. The van der Waals surface area contributed by atoms with Crippen molar-refractivity contribution in [3.05, 3.63) is 85.1 Å². The molecule has 0 bridgehead atoms. The van der Waals surface area contributed by atoms with Crippen LogP contribution in [0, 0.1) is 5.92 Å². The summed E-state index contributed by atoms with van der Waals surface area (Å²) in [6, 6.07) is -0.997. The number of rotatable bonds is 2. The van der Waals surface area contributed by atoms with Crippen LogP contribution >= 0.6 is 0 Å². The minimum Gasteiger partial charge on any atom is -0.389 e. The van der Waals surface area contributed by atoms with E-state index in [0.717, 1.165) is 0 Å². The summed E-state index contributed by atoms with van der Waals surface area (Å²) >= 11 is 0. The normalized spacial score (nSPS) is 35.9. The summed E-state index contributed by atoms with van der Waals surface area (Å²) in [7, 11) is 0. The molecule has 6 N–H and O–H groups in total. The van der Waals surface area contributed by atoms with Gasteiger partial charge >= 0.3 is 0 Å². The number of hydrogen-bond donors (Lipinski definition) is 5. The monoisotopic (exact) mass is 472 g/mol. The van der Waals surface area contributed by atoms with Gasteiger partial charge in [-0.15, -0.1) is 0 Å². The van der Waals surface area contributed by atoms with E-state index >= 15 is 0 Å². The fourth-order valence-corrected chi connectivity index (χ4v) is 3.15. The van der Waals surface area contributed by atoms with Crippen LogP contribution in [-0.2, 0) is 14.3 Å². The molecule has 0 unspecified atom stereocenters. The molecule has 1 fully saturated rings. The fraction of sp³-hybridized carbons (Fsp3) is 0.423. The maximum Gasteiger partial charge on any atom is 0.243 e. The number of ether oxygens (including phenoxy) is 2. The highest BCUT2D eigenvalue weighted by atomic mass is 16.7. The van der Waals surface area contributed by atoms with Crippen molar-refractivity contribution in [1.82, 2.24) is 5.32 Å². The Morgan fingerprint density at radius 1 is 1.03 bits per heavy atom. The van der Waals surface area contributed by atoms with Gasteiger partial charge in [0.2, 0.25) is 5.91 Å². The van der Waals surface area contributed by atoms with Gasteiger partial charge in [-0.3, -0.25) is 4.79 Å². The van der Waals surface area contributed by atoms with Gasteiger partial charge in [0.05, 0.1) is 12.6 Å². The molecule has 0 saturated carbocycles. The standard InChI is InChI=1S/C26H36N2O6/c1-19-13-9-7-5-3-4-6-8-10-14-21(34-25-23(27)24(31)20(29)18-33-25)26(2,32)16-12-11-15-22(30)28-17-19/h3-16,19-21,23-25,29,31-32H,17-18,27H2,1-2H3,(H,28,30)/t19-,20-,21+,23-,24+,25+,26-/m0/s1. The van der Waals surface area contributed by atoms with Crippen LogP contribution in [0.4, 0.5) is 0 Å². The molecule has 0 aromatic rings. The van der Waals surface area contributed by atoms with E-state index in [2.05, 4.69) is 5.32 Å². The second kappa shape index (κ2) is 14.0. The van der Waals surface area contributed by atoms with Gasteiger partial charge < -0.3 is 35.8 Å².